The van der Waals surface area contributed by atoms with Crippen LogP contribution in [0.15, 0.2) is 6.33 Å². The van der Waals surface area contributed by atoms with E-state index in [1.807, 2.05) is 0 Å². The summed E-state index contributed by atoms with van der Waals surface area (Å²) < 4.78 is 1.40. The molecule has 2 heterocycles. The highest BCUT2D eigenvalue weighted by atomic mass is 16.2. The largest absolute Gasteiger partial charge is 0.354 e. The van der Waals surface area contributed by atoms with Gasteiger partial charge < -0.3 is 10.6 Å². The van der Waals surface area contributed by atoms with Crippen molar-refractivity contribution in [1.29, 1.82) is 0 Å². The fraction of sp³-hybridized carbons (Fsp3) is 0.750. The normalized spacial score (nSPS) is 20.4. The van der Waals surface area contributed by atoms with Crippen molar-refractivity contribution in [2.24, 2.45) is 5.92 Å². The average Bonchev–Trinajstić information content (AvgIpc) is 2.86. The molecular formula is C8H14N6O. The number of nitrogens with one attached hydrogen (secondary N) is 2. The second-order valence-corrected chi connectivity index (χ2v) is 3.67. The van der Waals surface area contributed by atoms with Crippen molar-refractivity contribution in [3.8, 4) is 0 Å². The summed E-state index contributed by atoms with van der Waals surface area (Å²) in [5.41, 5.74) is 0. The van der Waals surface area contributed by atoms with E-state index in [0.717, 1.165) is 26.1 Å². The predicted molar refractivity (Wildman–Crippen MR) is 51.8 cm³/mol. The van der Waals surface area contributed by atoms with E-state index < -0.39 is 0 Å². The zero-order valence-corrected chi connectivity index (χ0v) is 8.39. The molecule has 15 heavy (non-hydrogen) atoms. The highest BCUT2D eigenvalue weighted by molar-refractivity contribution is 5.75. The van der Waals surface area contributed by atoms with Gasteiger partial charge in [0.05, 0.1) is 0 Å². The molecule has 0 saturated carbocycles. The van der Waals surface area contributed by atoms with Gasteiger partial charge in [0.25, 0.3) is 0 Å². The minimum absolute atomic E-state index is 0.0470. The predicted octanol–water partition coefficient (Wildman–Crippen LogP) is -1.60. The molecule has 1 atom stereocenters. The van der Waals surface area contributed by atoms with E-state index in [9.17, 15) is 4.79 Å². The smallest absolute Gasteiger partial charge is 0.241 e. The molecule has 0 bridgehead atoms. The molecule has 1 aliphatic rings. The van der Waals surface area contributed by atoms with Crippen molar-refractivity contribution in [3.63, 3.8) is 0 Å². The minimum atomic E-state index is -0.0470. The summed E-state index contributed by atoms with van der Waals surface area (Å²) in [4.78, 5) is 11.4. The topological polar surface area (TPSA) is 84.7 Å². The number of hydrogen-bond donors (Lipinski definition) is 2. The lowest BCUT2D eigenvalue weighted by atomic mass is 10.1. The first-order valence-electron chi connectivity index (χ1n) is 5.03. The summed E-state index contributed by atoms with van der Waals surface area (Å²) in [5, 5.41) is 16.6. The summed E-state index contributed by atoms with van der Waals surface area (Å²) in [6.45, 7) is 2.96. The zero-order valence-electron chi connectivity index (χ0n) is 8.39. The number of hydrogen-bond acceptors (Lipinski definition) is 5. The van der Waals surface area contributed by atoms with Crippen LogP contribution in [0.2, 0.25) is 0 Å². The van der Waals surface area contributed by atoms with E-state index in [1.54, 1.807) is 0 Å². The Labute approximate surface area is 87.2 Å². The summed E-state index contributed by atoms with van der Waals surface area (Å²) in [5.74, 6) is 0.511. The third-order valence-electron chi connectivity index (χ3n) is 2.45. The fourth-order valence-corrected chi connectivity index (χ4v) is 1.60. The van der Waals surface area contributed by atoms with E-state index in [2.05, 4.69) is 26.2 Å². The number of aromatic nitrogens is 4. The Morgan fingerprint density at radius 1 is 1.67 bits per heavy atom. The van der Waals surface area contributed by atoms with Gasteiger partial charge in [0.1, 0.15) is 12.9 Å². The average molecular weight is 210 g/mol. The van der Waals surface area contributed by atoms with Crippen molar-refractivity contribution in [3.05, 3.63) is 6.33 Å². The second kappa shape index (κ2) is 4.83. The number of carbonyl (C=O) groups is 1. The first-order valence-corrected chi connectivity index (χ1v) is 5.03. The molecule has 0 radical (unpaired) electrons. The van der Waals surface area contributed by atoms with Crippen molar-refractivity contribution in [1.82, 2.24) is 30.8 Å². The number of amides is 1. The molecule has 2 rings (SSSR count). The summed E-state index contributed by atoms with van der Waals surface area (Å²) in [6.07, 6.45) is 2.56. The molecule has 82 valence electrons. The molecule has 2 N–H and O–H groups in total. The third kappa shape index (κ3) is 2.98. The molecule has 1 aromatic heterocycles. The van der Waals surface area contributed by atoms with Crippen molar-refractivity contribution < 1.29 is 4.79 Å². The maximum atomic E-state index is 11.4. The van der Waals surface area contributed by atoms with Gasteiger partial charge in [-0.3, -0.25) is 4.79 Å². The Morgan fingerprint density at radius 2 is 2.60 bits per heavy atom. The molecule has 1 aromatic rings. The summed E-state index contributed by atoms with van der Waals surface area (Å²) in [7, 11) is 0. The van der Waals surface area contributed by atoms with Gasteiger partial charge >= 0.3 is 0 Å². The van der Waals surface area contributed by atoms with Crippen LogP contribution in [0.4, 0.5) is 0 Å². The standard InChI is InChI=1S/C8H14N6O/c15-8(5-14-6-11-12-13-14)10-4-7-1-2-9-3-7/h6-7,9H,1-5H2,(H,10,15). The number of tetrazole rings is 1. The molecule has 7 nitrogen and oxygen atoms in total. The van der Waals surface area contributed by atoms with Crippen LogP contribution >= 0.6 is 0 Å². The van der Waals surface area contributed by atoms with Gasteiger partial charge in [-0.2, -0.15) is 0 Å². The summed E-state index contributed by atoms with van der Waals surface area (Å²) >= 11 is 0. The summed E-state index contributed by atoms with van der Waals surface area (Å²) in [6, 6.07) is 0. The molecule has 1 fully saturated rings. The molecule has 1 unspecified atom stereocenters. The molecule has 7 heteroatoms. The van der Waals surface area contributed by atoms with Crippen molar-refractivity contribution >= 4 is 5.91 Å². The molecular weight excluding hydrogens is 196 g/mol. The van der Waals surface area contributed by atoms with Gasteiger partial charge in [-0.05, 0) is 35.9 Å². The van der Waals surface area contributed by atoms with Crippen molar-refractivity contribution in [2.75, 3.05) is 19.6 Å². The number of carbonyl (C=O) groups excluding carboxylic acids is 1. The monoisotopic (exact) mass is 210 g/mol. The zero-order chi connectivity index (χ0) is 10.5. The van der Waals surface area contributed by atoms with Crippen LogP contribution in [0.3, 0.4) is 0 Å². The molecule has 1 amide bonds. The molecule has 1 saturated heterocycles. The number of nitrogens with zero attached hydrogens (tertiary/aromatic N) is 4. The maximum Gasteiger partial charge on any atom is 0.241 e. The van der Waals surface area contributed by atoms with Crippen LogP contribution < -0.4 is 10.6 Å². The van der Waals surface area contributed by atoms with E-state index in [1.165, 1.54) is 11.0 Å². The highest BCUT2D eigenvalue weighted by Gasteiger charge is 2.15. The third-order valence-corrected chi connectivity index (χ3v) is 2.45. The Bertz CT molecular complexity index is 305. The lowest BCUT2D eigenvalue weighted by Crippen LogP contribution is -2.32. The second-order valence-electron chi connectivity index (χ2n) is 3.67. The molecule has 1 aliphatic heterocycles. The highest BCUT2D eigenvalue weighted by Crippen LogP contribution is 2.04. The maximum absolute atomic E-state index is 11.4. The molecule has 0 aromatic carbocycles. The van der Waals surface area contributed by atoms with Gasteiger partial charge in [0, 0.05) is 6.54 Å². The SMILES string of the molecule is O=C(Cn1cnnn1)NCC1CCNC1. The Balaban J connectivity index is 1.68. The first kappa shape index (κ1) is 10.0. The van der Waals surface area contributed by atoms with Crippen LogP contribution in [-0.2, 0) is 11.3 Å². The van der Waals surface area contributed by atoms with Gasteiger partial charge in [-0.15, -0.1) is 5.10 Å². The molecule has 0 aliphatic carbocycles. The molecule has 0 spiro atoms. The Kier molecular flexibility index (Phi) is 3.23. The van der Waals surface area contributed by atoms with E-state index >= 15 is 0 Å². The Morgan fingerprint density at radius 3 is 3.27 bits per heavy atom. The van der Waals surface area contributed by atoms with Gasteiger partial charge in [0.2, 0.25) is 5.91 Å². The van der Waals surface area contributed by atoms with Crippen LogP contribution in [-0.4, -0.2) is 45.7 Å². The van der Waals surface area contributed by atoms with Crippen LogP contribution in [0.5, 0.6) is 0 Å². The lowest BCUT2D eigenvalue weighted by Gasteiger charge is -2.09. The van der Waals surface area contributed by atoms with E-state index in [0.29, 0.717) is 5.92 Å². The van der Waals surface area contributed by atoms with Crippen molar-refractivity contribution in [2.45, 2.75) is 13.0 Å². The Hall–Kier alpha value is -1.50. The minimum Gasteiger partial charge on any atom is -0.354 e. The van der Waals surface area contributed by atoms with Crippen LogP contribution in [0.25, 0.3) is 0 Å². The van der Waals surface area contributed by atoms with Gasteiger partial charge in [-0.25, -0.2) is 4.68 Å². The first-order chi connectivity index (χ1) is 7.34. The van der Waals surface area contributed by atoms with Gasteiger partial charge in [0.15, 0.2) is 0 Å². The van der Waals surface area contributed by atoms with E-state index in [-0.39, 0.29) is 12.5 Å². The fourth-order valence-electron chi connectivity index (χ4n) is 1.60. The van der Waals surface area contributed by atoms with Crippen LogP contribution in [0.1, 0.15) is 6.42 Å². The lowest BCUT2D eigenvalue weighted by molar-refractivity contribution is -0.122. The quantitative estimate of drug-likeness (QED) is 0.625. The van der Waals surface area contributed by atoms with Gasteiger partial charge in [-0.1, -0.05) is 0 Å². The van der Waals surface area contributed by atoms with E-state index in [4.69, 9.17) is 0 Å². The number of rotatable bonds is 4. The van der Waals surface area contributed by atoms with Crippen LogP contribution in [0, 0.1) is 5.92 Å².